The topological polar surface area (TPSA) is 113 Å². The van der Waals surface area contributed by atoms with Crippen molar-refractivity contribution in [2.45, 2.75) is 96.4 Å². The lowest BCUT2D eigenvalue weighted by molar-refractivity contribution is -0.268. The van der Waals surface area contributed by atoms with Crippen LogP contribution in [0.25, 0.3) is 0 Å². The number of nitrogens with zero attached hydrogens (tertiary/aromatic N) is 1. The number of aliphatic hydroxyl groups excluding tert-OH is 1. The molecule has 2 amide bonds. The Morgan fingerprint density at radius 2 is 1.72 bits per heavy atom. The van der Waals surface area contributed by atoms with E-state index >= 15 is 0 Å². The average Bonchev–Trinajstić information content (AvgIpc) is 3.32. The lowest BCUT2D eigenvalue weighted by Crippen LogP contribution is -2.58. The molecule has 7 nitrogen and oxygen atoms in total. The highest BCUT2D eigenvalue weighted by molar-refractivity contribution is 5.85. The molecule has 3 fully saturated rings. The maximum absolute atomic E-state index is 14.1. The summed E-state index contributed by atoms with van der Waals surface area (Å²) in [4.78, 5) is 27.8. The number of fused-ring (bicyclic) bond motifs is 5. The molecule has 4 aliphatic carbocycles. The minimum Gasteiger partial charge on any atom is -0.530 e. The SMILES string of the molecule is C[C@]12CCC(O)CC1=CC[C@@H]1[C@@H]2CC[C@]2(C)C(NC(=O)C(Cc3ccc(O)cc3)N(Cc3ccccc3)C(=O)[O-])CC[C@@H]12. The Hall–Kier alpha value is -3.32. The van der Waals surface area contributed by atoms with Crippen molar-refractivity contribution < 1.29 is 24.9 Å². The van der Waals surface area contributed by atoms with Gasteiger partial charge in [0.1, 0.15) is 17.9 Å². The van der Waals surface area contributed by atoms with E-state index in [2.05, 4.69) is 25.2 Å². The summed E-state index contributed by atoms with van der Waals surface area (Å²) in [6.45, 7) is 4.82. The van der Waals surface area contributed by atoms with Crippen molar-refractivity contribution in [3.63, 3.8) is 0 Å². The first-order valence-electron chi connectivity index (χ1n) is 16.1. The molecule has 4 aliphatic rings. The van der Waals surface area contributed by atoms with Gasteiger partial charge in [0, 0.05) is 19.0 Å². The van der Waals surface area contributed by atoms with E-state index in [1.165, 1.54) is 5.57 Å². The van der Waals surface area contributed by atoms with E-state index in [1.807, 2.05) is 30.3 Å². The number of phenols is 1. The van der Waals surface area contributed by atoms with Gasteiger partial charge >= 0.3 is 0 Å². The molecule has 3 N–H and O–H groups in total. The fraction of sp³-hybridized carbons (Fsp3) is 0.556. The maximum Gasteiger partial charge on any atom is 0.243 e. The van der Waals surface area contributed by atoms with Crippen LogP contribution < -0.4 is 10.4 Å². The van der Waals surface area contributed by atoms with E-state index in [-0.39, 0.29) is 47.6 Å². The van der Waals surface area contributed by atoms with Crippen molar-refractivity contribution in [1.82, 2.24) is 10.2 Å². The highest BCUT2D eigenvalue weighted by Gasteiger charge is 2.59. The van der Waals surface area contributed by atoms with Gasteiger partial charge in [0.15, 0.2) is 0 Å². The van der Waals surface area contributed by atoms with Crippen LogP contribution in [0.1, 0.15) is 76.3 Å². The fourth-order valence-corrected chi connectivity index (χ4v) is 9.43. The molecule has 6 rings (SSSR count). The molecule has 2 aromatic carbocycles. The number of allylic oxidation sites excluding steroid dienone is 1. The standard InChI is InChI=1S/C36H46N2O5/c1-35-18-16-27(40)21-25(35)10-13-28-29-14-15-32(36(29,2)19-17-30(28)35)37-33(41)31(20-23-8-11-26(39)12-9-23)38(34(42)43)22-24-6-4-3-5-7-24/h3-12,27-32,39-40H,13-22H2,1-2H3,(H,37,41)(H,42,43)/p-1/t27?,28-,29-,30-,31?,32?,35-,36-/m0/s1. The van der Waals surface area contributed by atoms with Gasteiger partial charge in [-0.25, -0.2) is 0 Å². The number of carboxylic acid groups (broad SMARTS) is 1. The first-order chi connectivity index (χ1) is 20.6. The number of hydrogen-bond donors (Lipinski definition) is 3. The summed E-state index contributed by atoms with van der Waals surface area (Å²) in [6, 6.07) is 14.9. The number of rotatable bonds is 7. The van der Waals surface area contributed by atoms with Crippen LogP contribution in [0.4, 0.5) is 4.79 Å². The van der Waals surface area contributed by atoms with Crippen molar-refractivity contribution in [2.75, 3.05) is 0 Å². The van der Waals surface area contributed by atoms with Crippen LogP contribution in [0.2, 0.25) is 0 Å². The van der Waals surface area contributed by atoms with Gasteiger partial charge in [0.05, 0.1) is 6.10 Å². The molecule has 230 valence electrons. The number of amides is 2. The predicted octanol–water partition coefficient (Wildman–Crippen LogP) is 4.96. The zero-order valence-corrected chi connectivity index (χ0v) is 25.4. The number of carbonyl (C=O) groups excluding carboxylic acids is 2. The van der Waals surface area contributed by atoms with Gasteiger partial charge in [0.2, 0.25) is 5.91 Å². The van der Waals surface area contributed by atoms with Crippen molar-refractivity contribution in [2.24, 2.45) is 28.6 Å². The average molecular weight is 586 g/mol. The Morgan fingerprint density at radius 1 is 0.977 bits per heavy atom. The summed E-state index contributed by atoms with van der Waals surface area (Å²) in [6.07, 6.45) is 8.88. The van der Waals surface area contributed by atoms with Gasteiger partial charge in [-0.1, -0.05) is 68.0 Å². The number of hydrogen-bond acceptors (Lipinski definition) is 5. The third-order valence-corrected chi connectivity index (χ3v) is 11.9. The van der Waals surface area contributed by atoms with Crippen LogP contribution in [-0.2, 0) is 17.8 Å². The summed E-state index contributed by atoms with van der Waals surface area (Å²) in [5, 5.41) is 36.0. The van der Waals surface area contributed by atoms with Crippen LogP contribution in [0.5, 0.6) is 5.75 Å². The second-order valence-corrected chi connectivity index (χ2v) is 14.1. The van der Waals surface area contributed by atoms with Crippen molar-refractivity contribution in [3.8, 4) is 5.75 Å². The summed E-state index contributed by atoms with van der Waals surface area (Å²) >= 11 is 0. The highest BCUT2D eigenvalue weighted by Crippen LogP contribution is 2.64. The number of phenolic OH excluding ortho intramolecular Hbond substituents is 1. The second-order valence-electron chi connectivity index (χ2n) is 14.1. The molecule has 3 saturated carbocycles. The van der Waals surface area contributed by atoms with Crippen molar-refractivity contribution in [1.29, 1.82) is 0 Å². The molecular weight excluding hydrogens is 540 g/mol. The van der Waals surface area contributed by atoms with Crippen molar-refractivity contribution >= 4 is 12.0 Å². The Balaban J connectivity index is 1.23. The molecular formula is C36H45N2O5-. The maximum atomic E-state index is 14.1. The molecule has 0 aliphatic heterocycles. The lowest BCUT2D eigenvalue weighted by Gasteiger charge is -2.58. The van der Waals surface area contributed by atoms with Gasteiger partial charge in [-0.15, -0.1) is 0 Å². The molecule has 0 spiro atoms. The number of aliphatic hydroxyl groups is 1. The highest BCUT2D eigenvalue weighted by atomic mass is 16.4. The van der Waals surface area contributed by atoms with E-state index in [0.29, 0.717) is 17.8 Å². The first kappa shape index (κ1) is 29.7. The van der Waals surface area contributed by atoms with Crippen LogP contribution >= 0.6 is 0 Å². The largest absolute Gasteiger partial charge is 0.530 e. The molecule has 8 atom stereocenters. The third kappa shape index (κ3) is 5.57. The smallest absolute Gasteiger partial charge is 0.243 e. The summed E-state index contributed by atoms with van der Waals surface area (Å²) in [5.74, 6) is 1.50. The van der Waals surface area contributed by atoms with Crippen molar-refractivity contribution in [3.05, 3.63) is 77.4 Å². The van der Waals surface area contributed by atoms with Gasteiger partial charge in [-0.3, -0.25) is 4.79 Å². The Morgan fingerprint density at radius 3 is 2.44 bits per heavy atom. The zero-order valence-electron chi connectivity index (χ0n) is 25.4. The van der Waals surface area contributed by atoms with Crippen LogP contribution in [0.3, 0.4) is 0 Å². The normalized spacial score (nSPS) is 33.7. The number of nitrogens with one attached hydrogen (secondary N) is 1. The summed E-state index contributed by atoms with van der Waals surface area (Å²) in [5.41, 5.74) is 3.11. The van der Waals surface area contributed by atoms with E-state index in [9.17, 15) is 24.9 Å². The van der Waals surface area contributed by atoms with E-state index in [1.54, 1.807) is 24.3 Å². The molecule has 0 radical (unpaired) electrons. The fourth-order valence-electron chi connectivity index (χ4n) is 9.43. The zero-order chi connectivity index (χ0) is 30.4. The lowest BCUT2D eigenvalue weighted by atomic mass is 9.48. The molecule has 0 bridgehead atoms. The van der Waals surface area contributed by atoms with Crippen LogP contribution in [-0.4, -0.2) is 45.3 Å². The summed E-state index contributed by atoms with van der Waals surface area (Å²) in [7, 11) is 0. The second kappa shape index (κ2) is 11.6. The monoisotopic (exact) mass is 585 g/mol. The molecule has 0 heterocycles. The number of aromatic hydroxyl groups is 1. The van der Waals surface area contributed by atoms with Crippen LogP contribution in [0, 0.1) is 28.6 Å². The Labute approximate surface area is 255 Å². The minimum absolute atomic E-state index is 0.0278. The molecule has 2 aromatic rings. The molecule has 0 saturated heterocycles. The van der Waals surface area contributed by atoms with Gasteiger partial charge in [-0.2, -0.15) is 0 Å². The third-order valence-electron chi connectivity index (χ3n) is 11.9. The van der Waals surface area contributed by atoms with E-state index < -0.39 is 12.1 Å². The molecule has 7 heteroatoms. The molecule has 0 aromatic heterocycles. The molecule has 3 unspecified atom stereocenters. The van der Waals surface area contributed by atoms with Gasteiger partial charge in [-0.05, 0) is 103 Å². The minimum atomic E-state index is -1.38. The van der Waals surface area contributed by atoms with E-state index in [0.717, 1.165) is 67.4 Å². The number of carbonyl (C=O) groups is 2. The molecule has 43 heavy (non-hydrogen) atoms. The number of benzene rings is 2. The summed E-state index contributed by atoms with van der Waals surface area (Å²) < 4.78 is 0. The predicted molar refractivity (Wildman–Crippen MR) is 163 cm³/mol. The Kier molecular flexibility index (Phi) is 8.05. The van der Waals surface area contributed by atoms with E-state index in [4.69, 9.17) is 0 Å². The quantitative estimate of drug-likeness (QED) is 0.398. The van der Waals surface area contributed by atoms with Gasteiger partial charge in [0.25, 0.3) is 0 Å². The van der Waals surface area contributed by atoms with Crippen LogP contribution in [0.15, 0.2) is 66.2 Å². The first-order valence-corrected chi connectivity index (χ1v) is 16.1. The van der Waals surface area contributed by atoms with Gasteiger partial charge < -0.3 is 30.3 Å². The Bertz CT molecular complexity index is 1360.